The van der Waals surface area contributed by atoms with Crippen molar-refractivity contribution in [3.8, 4) is 16.9 Å². The van der Waals surface area contributed by atoms with Crippen LogP contribution in [-0.4, -0.2) is 44.0 Å². The maximum Gasteiger partial charge on any atom is 0.238 e. The highest BCUT2D eigenvalue weighted by Gasteiger charge is 2.25. The van der Waals surface area contributed by atoms with Crippen molar-refractivity contribution >= 4 is 21.7 Å². The monoisotopic (exact) mass is 506 g/mol. The Bertz CT molecular complexity index is 1300. The van der Waals surface area contributed by atoms with Gasteiger partial charge in [0.15, 0.2) is 5.96 Å². The third-order valence-electron chi connectivity index (χ3n) is 6.43. The molecular weight excluding hydrogens is 472 g/mol. The lowest BCUT2D eigenvalue weighted by Gasteiger charge is -2.37. The van der Waals surface area contributed by atoms with Gasteiger partial charge in [-0.05, 0) is 65.6 Å². The fourth-order valence-corrected chi connectivity index (χ4v) is 5.27. The second-order valence-electron chi connectivity index (χ2n) is 9.72. The van der Waals surface area contributed by atoms with Gasteiger partial charge in [0.25, 0.3) is 0 Å². The number of hydrogen-bond donors (Lipinski definition) is 3. The van der Waals surface area contributed by atoms with Crippen LogP contribution in [-0.2, 0) is 16.4 Å². The standard InChI is InChI=1S/C28H34N4O3S/c1-20-16-21(2)19-32(18-20)28(30-15-14-22-8-11-25(12-9-22)36(29,34)35)31-26-17-24(10-13-27(26)33)23-6-4-3-5-7-23/h3-13,17,20-21,33H,14-16,18-19H2,1-2H3,(H,30,31)(H2,29,34,35). The molecule has 0 spiro atoms. The molecule has 4 N–H and O–H groups in total. The molecule has 36 heavy (non-hydrogen) atoms. The number of likely N-dealkylation sites (tertiary alicyclic amines) is 1. The number of hydrogen-bond acceptors (Lipinski definition) is 4. The number of nitrogens with zero attached hydrogens (tertiary/aromatic N) is 2. The van der Waals surface area contributed by atoms with E-state index in [1.54, 1.807) is 18.2 Å². The molecule has 7 nitrogen and oxygen atoms in total. The van der Waals surface area contributed by atoms with Crippen LogP contribution >= 0.6 is 0 Å². The number of nitrogens with two attached hydrogens (primary N) is 1. The number of sulfonamides is 1. The highest BCUT2D eigenvalue weighted by atomic mass is 32.2. The number of rotatable bonds is 6. The van der Waals surface area contributed by atoms with Crippen molar-refractivity contribution in [2.24, 2.45) is 22.0 Å². The Labute approximate surface area is 213 Å². The predicted molar refractivity (Wildman–Crippen MR) is 146 cm³/mol. The normalized spacial score (nSPS) is 18.8. The highest BCUT2D eigenvalue weighted by Crippen LogP contribution is 2.31. The lowest BCUT2D eigenvalue weighted by Crippen LogP contribution is -2.45. The molecule has 0 amide bonds. The Morgan fingerprint density at radius 1 is 1.00 bits per heavy atom. The summed E-state index contributed by atoms with van der Waals surface area (Å²) in [5.74, 6) is 1.97. The van der Waals surface area contributed by atoms with E-state index in [4.69, 9.17) is 10.1 Å². The Morgan fingerprint density at radius 2 is 1.67 bits per heavy atom. The Kier molecular flexibility index (Phi) is 7.96. The molecule has 1 fully saturated rings. The molecule has 1 heterocycles. The zero-order chi connectivity index (χ0) is 25.7. The van der Waals surface area contributed by atoms with Crippen LogP contribution < -0.4 is 10.5 Å². The number of anilines is 1. The van der Waals surface area contributed by atoms with Crippen LogP contribution in [0.4, 0.5) is 5.69 Å². The fraction of sp³-hybridized carbons (Fsp3) is 0.321. The van der Waals surface area contributed by atoms with E-state index in [1.165, 1.54) is 18.6 Å². The summed E-state index contributed by atoms with van der Waals surface area (Å²) in [5, 5.41) is 19.2. The maximum absolute atomic E-state index is 11.5. The summed E-state index contributed by atoms with van der Waals surface area (Å²) < 4.78 is 23.0. The average molecular weight is 507 g/mol. The van der Waals surface area contributed by atoms with E-state index in [1.807, 2.05) is 42.5 Å². The lowest BCUT2D eigenvalue weighted by molar-refractivity contribution is 0.213. The van der Waals surface area contributed by atoms with Crippen molar-refractivity contribution in [1.29, 1.82) is 0 Å². The minimum atomic E-state index is -3.71. The summed E-state index contributed by atoms with van der Waals surface area (Å²) in [6.07, 6.45) is 1.82. The van der Waals surface area contributed by atoms with Crippen molar-refractivity contribution in [1.82, 2.24) is 4.90 Å². The van der Waals surface area contributed by atoms with Gasteiger partial charge in [-0.3, -0.25) is 4.99 Å². The molecule has 4 rings (SSSR count). The zero-order valence-corrected chi connectivity index (χ0v) is 21.6. The summed E-state index contributed by atoms with van der Waals surface area (Å²) in [6, 6.07) is 22.2. The van der Waals surface area contributed by atoms with Gasteiger partial charge < -0.3 is 15.3 Å². The Balaban J connectivity index is 1.57. The largest absolute Gasteiger partial charge is 0.506 e. The molecule has 1 aliphatic heterocycles. The van der Waals surface area contributed by atoms with E-state index in [0.29, 0.717) is 30.5 Å². The first-order valence-electron chi connectivity index (χ1n) is 12.3. The number of aromatic hydroxyl groups is 1. The molecule has 3 aromatic carbocycles. The number of primary sulfonamides is 1. The molecule has 2 atom stereocenters. The van der Waals surface area contributed by atoms with Crippen LogP contribution in [0.5, 0.6) is 5.75 Å². The van der Waals surface area contributed by atoms with Crippen molar-refractivity contribution < 1.29 is 13.5 Å². The number of nitrogens with one attached hydrogen (secondary N) is 1. The van der Waals surface area contributed by atoms with Gasteiger partial charge in [-0.2, -0.15) is 0 Å². The molecule has 0 bridgehead atoms. The number of guanidine groups is 1. The van der Waals surface area contributed by atoms with Gasteiger partial charge in [0.1, 0.15) is 5.75 Å². The number of phenols is 1. The van der Waals surface area contributed by atoms with Crippen molar-refractivity contribution in [2.45, 2.75) is 31.6 Å². The second kappa shape index (κ2) is 11.1. The summed E-state index contributed by atoms with van der Waals surface area (Å²) >= 11 is 0. The third kappa shape index (κ3) is 6.65. The molecule has 0 aromatic heterocycles. The van der Waals surface area contributed by atoms with Crippen LogP contribution in [0, 0.1) is 11.8 Å². The molecule has 0 radical (unpaired) electrons. The van der Waals surface area contributed by atoms with Gasteiger partial charge >= 0.3 is 0 Å². The Morgan fingerprint density at radius 3 is 2.31 bits per heavy atom. The number of aliphatic imine (C=N–C) groups is 1. The van der Waals surface area contributed by atoms with Gasteiger partial charge in [0.05, 0.1) is 10.6 Å². The smallest absolute Gasteiger partial charge is 0.238 e. The van der Waals surface area contributed by atoms with E-state index >= 15 is 0 Å². The van der Waals surface area contributed by atoms with Crippen LogP contribution in [0.2, 0.25) is 0 Å². The van der Waals surface area contributed by atoms with E-state index in [2.05, 4.69) is 24.1 Å². The molecule has 1 saturated heterocycles. The highest BCUT2D eigenvalue weighted by molar-refractivity contribution is 7.89. The van der Waals surface area contributed by atoms with Crippen LogP contribution in [0.3, 0.4) is 0 Å². The van der Waals surface area contributed by atoms with E-state index in [-0.39, 0.29) is 10.6 Å². The van der Waals surface area contributed by atoms with Gasteiger partial charge in [0.2, 0.25) is 10.0 Å². The predicted octanol–water partition coefficient (Wildman–Crippen LogP) is 4.70. The molecule has 8 heteroatoms. The van der Waals surface area contributed by atoms with Gasteiger partial charge in [-0.15, -0.1) is 0 Å². The van der Waals surface area contributed by atoms with E-state index < -0.39 is 10.0 Å². The summed E-state index contributed by atoms with van der Waals surface area (Å²) in [4.78, 5) is 7.26. The zero-order valence-electron chi connectivity index (χ0n) is 20.8. The second-order valence-corrected chi connectivity index (χ2v) is 11.3. The number of phenolic OH excluding ortho intramolecular Hbond substituents is 1. The number of benzene rings is 3. The topological polar surface area (TPSA) is 108 Å². The first-order chi connectivity index (χ1) is 17.2. The van der Waals surface area contributed by atoms with Crippen LogP contribution in [0.25, 0.3) is 11.1 Å². The minimum absolute atomic E-state index is 0.0992. The Hall–Kier alpha value is -3.36. The SMILES string of the molecule is CC1CC(C)CN(C(=NCCc2ccc(S(N)(=O)=O)cc2)Nc2cc(-c3ccccc3)ccc2O)C1. The quantitative estimate of drug-likeness (QED) is 0.255. The molecule has 3 aromatic rings. The summed E-state index contributed by atoms with van der Waals surface area (Å²) in [7, 11) is -3.71. The lowest BCUT2D eigenvalue weighted by atomic mass is 9.92. The van der Waals surface area contributed by atoms with Crippen molar-refractivity contribution in [3.05, 3.63) is 78.4 Å². The van der Waals surface area contributed by atoms with Gasteiger partial charge in [0, 0.05) is 19.6 Å². The van der Waals surface area contributed by atoms with Gasteiger partial charge in [-0.25, -0.2) is 13.6 Å². The fourth-order valence-electron chi connectivity index (χ4n) is 4.76. The van der Waals surface area contributed by atoms with Crippen molar-refractivity contribution in [3.63, 3.8) is 0 Å². The molecule has 0 saturated carbocycles. The van der Waals surface area contributed by atoms with Crippen molar-refractivity contribution in [2.75, 3.05) is 25.0 Å². The maximum atomic E-state index is 11.5. The average Bonchev–Trinajstić information content (AvgIpc) is 2.84. The third-order valence-corrected chi connectivity index (χ3v) is 7.36. The van der Waals surface area contributed by atoms with E-state index in [0.717, 1.165) is 35.7 Å². The minimum Gasteiger partial charge on any atom is -0.506 e. The molecular formula is C28H34N4O3S. The molecule has 0 aliphatic carbocycles. The summed E-state index contributed by atoms with van der Waals surface area (Å²) in [6.45, 7) is 6.79. The summed E-state index contributed by atoms with van der Waals surface area (Å²) in [5.41, 5.74) is 3.66. The van der Waals surface area contributed by atoms with Gasteiger partial charge in [-0.1, -0.05) is 62.4 Å². The first-order valence-corrected chi connectivity index (χ1v) is 13.8. The first kappa shape index (κ1) is 25.7. The molecule has 2 unspecified atom stereocenters. The van der Waals surface area contributed by atoms with E-state index in [9.17, 15) is 13.5 Å². The molecule has 1 aliphatic rings. The van der Waals surface area contributed by atoms with Crippen LogP contribution in [0.15, 0.2) is 82.7 Å². The number of piperidine rings is 1. The van der Waals surface area contributed by atoms with Crippen LogP contribution in [0.1, 0.15) is 25.8 Å². The molecule has 190 valence electrons.